The van der Waals surface area contributed by atoms with Crippen LogP contribution in [0.2, 0.25) is 0 Å². The minimum atomic E-state index is -0.764. The lowest BCUT2D eigenvalue weighted by Crippen LogP contribution is -2.40. The van der Waals surface area contributed by atoms with Gasteiger partial charge in [0.05, 0.1) is 20.6 Å². The average Bonchev–Trinajstić information content (AvgIpc) is 2.83. The first kappa shape index (κ1) is 27.9. The van der Waals surface area contributed by atoms with Gasteiger partial charge in [0.1, 0.15) is 6.04 Å². The highest BCUT2D eigenvalue weighted by molar-refractivity contribution is 5.98. The van der Waals surface area contributed by atoms with Gasteiger partial charge in [0.2, 0.25) is 5.91 Å². The van der Waals surface area contributed by atoms with Crippen molar-refractivity contribution in [3.63, 3.8) is 0 Å². The molecule has 8 nitrogen and oxygen atoms in total. The number of nitrogens with zero attached hydrogens (tertiary/aromatic N) is 1. The molecule has 0 fully saturated rings. The molecule has 2 aromatic carbocycles. The number of rotatable bonds is 13. The number of aliphatic imine (C=N–C) groups is 1. The zero-order chi connectivity index (χ0) is 25.8. The van der Waals surface area contributed by atoms with Crippen LogP contribution in [0.5, 0.6) is 11.5 Å². The summed E-state index contributed by atoms with van der Waals surface area (Å²) in [5.41, 5.74) is 7.68. The smallest absolute Gasteiger partial charge is 0.231 e. The Morgan fingerprint density at radius 2 is 1.71 bits per heavy atom. The molecule has 0 aliphatic heterocycles. The van der Waals surface area contributed by atoms with Gasteiger partial charge in [0.25, 0.3) is 0 Å². The topological polar surface area (TPSA) is 123 Å². The first-order valence-electron chi connectivity index (χ1n) is 11.8. The fraction of sp³-hybridized carbons (Fsp3) is 0.444. The van der Waals surface area contributed by atoms with Crippen LogP contribution in [0.1, 0.15) is 37.8 Å². The number of aliphatic hydroxyl groups is 1. The second-order valence-electron chi connectivity index (χ2n) is 8.98. The van der Waals surface area contributed by atoms with Gasteiger partial charge in [-0.1, -0.05) is 50.2 Å². The third-order valence-electron chi connectivity index (χ3n) is 5.57. The lowest BCUT2D eigenvalue weighted by Gasteiger charge is -2.19. The standard InChI is InChI=1S/C27H37N3O5/c1-18(2)12-21(17-31)14-23(32)22(13-19-8-6-5-7-9-19)29-27(28)30-26(33)16-20-10-11-24(34-3)25(15-20)35-4/h5-11,15,18,21-22,31H,12-14,16-17H2,1-4H3,(H3,28,29,30,33)/t21-,22+/m0/s1. The Kier molecular flexibility index (Phi) is 11.2. The number of carbonyl (C=O) groups is 2. The highest BCUT2D eigenvalue weighted by Crippen LogP contribution is 2.27. The van der Waals surface area contributed by atoms with Crippen LogP contribution in [0.4, 0.5) is 0 Å². The monoisotopic (exact) mass is 483 g/mol. The van der Waals surface area contributed by atoms with E-state index in [4.69, 9.17) is 15.2 Å². The van der Waals surface area contributed by atoms with E-state index in [0.29, 0.717) is 29.4 Å². The number of hydrogen-bond donors (Lipinski definition) is 3. The van der Waals surface area contributed by atoms with Gasteiger partial charge in [0, 0.05) is 19.4 Å². The Hall–Kier alpha value is -3.39. The zero-order valence-electron chi connectivity index (χ0n) is 21.0. The van der Waals surface area contributed by atoms with Gasteiger partial charge in [-0.25, -0.2) is 4.99 Å². The van der Waals surface area contributed by atoms with Crippen LogP contribution < -0.4 is 20.5 Å². The van der Waals surface area contributed by atoms with Crippen molar-refractivity contribution in [1.29, 1.82) is 0 Å². The van der Waals surface area contributed by atoms with E-state index < -0.39 is 6.04 Å². The van der Waals surface area contributed by atoms with Crippen molar-refractivity contribution >= 4 is 17.6 Å². The van der Waals surface area contributed by atoms with Crippen LogP contribution in [0, 0.1) is 11.8 Å². The number of methoxy groups -OCH3 is 2. The molecule has 0 saturated heterocycles. The molecule has 2 atom stereocenters. The highest BCUT2D eigenvalue weighted by Gasteiger charge is 2.23. The third kappa shape index (κ3) is 9.41. The molecule has 0 heterocycles. The van der Waals surface area contributed by atoms with Crippen molar-refractivity contribution in [3.8, 4) is 11.5 Å². The van der Waals surface area contributed by atoms with Gasteiger partial charge in [-0.3, -0.25) is 14.9 Å². The predicted octanol–water partition coefficient (Wildman–Crippen LogP) is 2.90. The number of guanidine groups is 1. The number of aliphatic hydroxyl groups excluding tert-OH is 1. The fourth-order valence-electron chi connectivity index (χ4n) is 3.94. The molecule has 4 N–H and O–H groups in total. The van der Waals surface area contributed by atoms with Crippen molar-refractivity contribution < 1.29 is 24.2 Å². The van der Waals surface area contributed by atoms with Crippen molar-refractivity contribution in [1.82, 2.24) is 5.32 Å². The van der Waals surface area contributed by atoms with E-state index in [0.717, 1.165) is 12.0 Å². The number of Topliss-reactive ketones (excluding diaryl/α,β-unsaturated/α-hetero) is 1. The average molecular weight is 484 g/mol. The van der Waals surface area contributed by atoms with Crippen molar-refractivity contribution in [2.75, 3.05) is 20.8 Å². The molecule has 0 saturated carbocycles. The third-order valence-corrected chi connectivity index (χ3v) is 5.57. The molecular formula is C27H37N3O5. The van der Waals surface area contributed by atoms with Crippen molar-refractivity contribution in [2.24, 2.45) is 22.6 Å². The van der Waals surface area contributed by atoms with Gasteiger partial charge in [-0.05, 0) is 41.5 Å². The highest BCUT2D eigenvalue weighted by atomic mass is 16.5. The van der Waals surface area contributed by atoms with Crippen LogP contribution in [0.25, 0.3) is 0 Å². The maximum Gasteiger partial charge on any atom is 0.231 e. The molecule has 2 aromatic rings. The van der Waals surface area contributed by atoms with Gasteiger partial charge in [-0.2, -0.15) is 0 Å². The van der Waals surface area contributed by atoms with Gasteiger partial charge in [-0.15, -0.1) is 0 Å². The lowest BCUT2D eigenvalue weighted by molar-refractivity contribution is -0.122. The minimum Gasteiger partial charge on any atom is -0.493 e. The molecule has 190 valence electrons. The summed E-state index contributed by atoms with van der Waals surface area (Å²) in [4.78, 5) is 30.1. The Morgan fingerprint density at radius 1 is 1.03 bits per heavy atom. The normalized spacial score (nSPS) is 13.3. The van der Waals surface area contributed by atoms with E-state index >= 15 is 0 Å². The fourth-order valence-corrected chi connectivity index (χ4v) is 3.94. The Balaban J connectivity index is 2.13. The Morgan fingerprint density at radius 3 is 2.31 bits per heavy atom. The summed E-state index contributed by atoms with van der Waals surface area (Å²) in [5.74, 6) is 0.706. The molecular weight excluding hydrogens is 446 g/mol. The summed E-state index contributed by atoms with van der Waals surface area (Å²) in [6, 6.07) is 14.0. The first-order chi connectivity index (χ1) is 16.7. The molecule has 1 amide bonds. The van der Waals surface area contributed by atoms with Gasteiger partial charge in [0.15, 0.2) is 23.2 Å². The summed E-state index contributed by atoms with van der Waals surface area (Å²) >= 11 is 0. The molecule has 0 radical (unpaired) electrons. The molecule has 8 heteroatoms. The van der Waals surface area contributed by atoms with E-state index in [1.54, 1.807) is 25.3 Å². The van der Waals surface area contributed by atoms with Crippen LogP contribution in [0.3, 0.4) is 0 Å². The number of nitrogens with one attached hydrogen (secondary N) is 1. The number of hydrogen-bond acceptors (Lipinski definition) is 6. The second-order valence-corrected chi connectivity index (χ2v) is 8.98. The quantitative estimate of drug-likeness (QED) is 0.297. The number of ketones is 1. The van der Waals surface area contributed by atoms with Gasteiger partial charge >= 0.3 is 0 Å². The van der Waals surface area contributed by atoms with E-state index in [-0.39, 0.29) is 43.0 Å². The minimum absolute atomic E-state index is 0.0504. The van der Waals surface area contributed by atoms with Crippen LogP contribution in [-0.4, -0.2) is 49.6 Å². The summed E-state index contributed by atoms with van der Waals surface area (Å²) in [5, 5.41) is 12.3. The molecule has 35 heavy (non-hydrogen) atoms. The Bertz CT molecular complexity index is 992. The summed E-state index contributed by atoms with van der Waals surface area (Å²) in [6.07, 6.45) is 1.34. The van der Waals surface area contributed by atoms with E-state index in [9.17, 15) is 14.7 Å². The summed E-state index contributed by atoms with van der Waals surface area (Å²) < 4.78 is 10.5. The van der Waals surface area contributed by atoms with Gasteiger partial charge < -0.3 is 20.3 Å². The van der Waals surface area contributed by atoms with Crippen molar-refractivity contribution in [3.05, 3.63) is 59.7 Å². The van der Waals surface area contributed by atoms with E-state index in [1.807, 2.05) is 30.3 Å². The van der Waals surface area contributed by atoms with E-state index in [2.05, 4.69) is 24.2 Å². The predicted molar refractivity (Wildman–Crippen MR) is 137 cm³/mol. The SMILES string of the molecule is COc1ccc(CC(=O)NC(N)=N[C@H](Cc2ccccc2)C(=O)C[C@@H](CO)CC(C)C)cc1OC. The number of carbonyl (C=O) groups excluding carboxylic acids is 2. The molecule has 0 spiro atoms. The number of benzene rings is 2. The molecule has 0 unspecified atom stereocenters. The molecule has 2 rings (SSSR count). The largest absolute Gasteiger partial charge is 0.493 e. The Labute approximate surface area is 207 Å². The summed E-state index contributed by atoms with van der Waals surface area (Å²) in [7, 11) is 3.07. The molecule has 0 bridgehead atoms. The molecule has 0 aliphatic carbocycles. The van der Waals surface area contributed by atoms with Crippen LogP contribution in [-0.2, 0) is 22.4 Å². The van der Waals surface area contributed by atoms with Crippen molar-refractivity contribution in [2.45, 2.75) is 45.6 Å². The second kappa shape index (κ2) is 14.1. The summed E-state index contributed by atoms with van der Waals surface area (Å²) in [6.45, 7) is 4.04. The number of amides is 1. The van der Waals surface area contributed by atoms with E-state index in [1.165, 1.54) is 7.11 Å². The van der Waals surface area contributed by atoms with Crippen LogP contribution in [0.15, 0.2) is 53.5 Å². The molecule has 0 aromatic heterocycles. The first-order valence-corrected chi connectivity index (χ1v) is 11.8. The molecule has 0 aliphatic rings. The maximum absolute atomic E-state index is 13.1. The van der Waals surface area contributed by atoms with Crippen LogP contribution >= 0.6 is 0 Å². The number of nitrogens with two attached hydrogens (primary N) is 1. The zero-order valence-corrected chi connectivity index (χ0v) is 21.0. The maximum atomic E-state index is 13.1. The number of ether oxygens (including phenoxy) is 2. The lowest BCUT2D eigenvalue weighted by atomic mass is 9.90.